The van der Waals surface area contributed by atoms with Gasteiger partial charge in [0.15, 0.2) is 0 Å². The average Bonchev–Trinajstić information content (AvgIpc) is 2.30. The van der Waals surface area contributed by atoms with Crippen LogP contribution in [0.2, 0.25) is 5.02 Å². The van der Waals surface area contributed by atoms with Gasteiger partial charge in [-0.2, -0.15) is 0 Å². The van der Waals surface area contributed by atoms with Gasteiger partial charge in [0, 0.05) is 11.1 Å². The van der Waals surface area contributed by atoms with Gasteiger partial charge in [-0.1, -0.05) is 29.8 Å². The molecule has 16 heavy (non-hydrogen) atoms. The summed E-state index contributed by atoms with van der Waals surface area (Å²) in [7, 11) is 0. The van der Waals surface area contributed by atoms with Crippen LogP contribution >= 0.6 is 11.6 Å². The van der Waals surface area contributed by atoms with Crippen LogP contribution in [0.4, 0.5) is 0 Å². The number of benzene rings is 1. The van der Waals surface area contributed by atoms with Crippen LogP contribution in [0.1, 0.15) is 24.4 Å². The predicted molar refractivity (Wildman–Crippen MR) is 62.6 cm³/mol. The van der Waals surface area contributed by atoms with Gasteiger partial charge in [-0.25, -0.2) is 0 Å². The molecule has 2 N–H and O–H groups in total. The number of rotatable bonds is 2. The van der Waals surface area contributed by atoms with Crippen molar-refractivity contribution < 1.29 is 9.90 Å². The topological polar surface area (TPSA) is 49.3 Å². The quantitative estimate of drug-likeness (QED) is 0.834. The van der Waals surface area contributed by atoms with Crippen LogP contribution in [-0.4, -0.2) is 17.6 Å². The number of piperidine rings is 1. The van der Waals surface area contributed by atoms with Crippen LogP contribution < -0.4 is 5.32 Å². The van der Waals surface area contributed by atoms with Gasteiger partial charge in [0.05, 0.1) is 5.92 Å². The minimum atomic E-state index is -0.710. The molecular formula is C12H14ClNO2. The molecule has 0 radical (unpaired) electrons. The zero-order valence-corrected chi connectivity index (χ0v) is 9.57. The zero-order chi connectivity index (χ0) is 11.5. The van der Waals surface area contributed by atoms with E-state index in [1.165, 1.54) is 0 Å². The standard InChI is InChI=1S/C12H14ClNO2/c13-10-4-2-1-3-9(10)11-7-8(12(15)16)5-6-14-11/h1-4,8,11,14H,5-7H2,(H,15,16). The number of carboxylic acids is 1. The molecule has 0 amide bonds. The Morgan fingerprint density at radius 3 is 2.88 bits per heavy atom. The summed E-state index contributed by atoms with van der Waals surface area (Å²) in [6.45, 7) is 0.729. The fourth-order valence-corrected chi connectivity index (χ4v) is 2.40. The molecule has 1 aromatic rings. The Kier molecular flexibility index (Phi) is 3.46. The van der Waals surface area contributed by atoms with E-state index in [1.54, 1.807) is 0 Å². The summed E-state index contributed by atoms with van der Waals surface area (Å²) in [5.41, 5.74) is 0.995. The first-order chi connectivity index (χ1) is 7.68. The van der Waals surface area contributed by atoms with Crippen LogP contribution in [-0.2, 0) is 4.79 Å². The first kappa shape index (κ1) is 11.4. The van der Waals surface area contributed by atoms with E-state index in [9.17, 15) is 4.79 Å². The van der Waals surface area contributed by atoms with Gasteiger partial charge < -0.3 is 10.4 Å². The number of aliphatic carboxylic acids is 1. The molecule has 0 aromatic heterocycles. The van der Waals surface area contributed by atoms with Crippen molar-refractivity contribution in [3.63, 3.8) is 0 Å². The van der Waals surface area contributed by atoms with Gasteiger partial charge in [-0.3, -0.25) is 4.79 Å². The molecule has 86 valence electrons. The summed E-state index contributed by atoms with van der Waals surface area (Å²) in [6, 6.07) is 7.65. The Morgan fingerprint density at radius 1 is 1.44 bits per heavy atom. The number of carboxylic acid groups (broad SMARTS) is 1. The van der Waals surface area contributed by atoms with Crippen LogP contribution in [0, 0.1) is 5.92 Å². The van der Waals surface area contributed by atoms with Gasteiger partial charge in [0.25, 0.3) is 0 Å². The van der Waals surface area contributed by atoms with E-state index in [4.69, 9.17) is 16.7 Å². The van der Waals surface area contributed by atoms with E-state index in [0.717, 1.165) is 12.1 Å². The van der Waals surface area contributed by atoms with Crippen molar-refractivity contribution in [1.29, 1.82) is 0 Å². The lowest BCUT2D eigenvalue weighted by atomic mass is 9.89. The van der Waals surface area contributed by atoms with Crippen molar-refractivity contribution in [2.24, 2.45) is 5.92 Å². The van der Waals surface area contributed by atoms with E-state index in [-0.39, 0.29) is 12.0 Å². The number of hydrogen-bond acceptors (Lipinski definition) is 2. The van der Waals surface area contributed by atoms with Crippen LogP contribution in [0.5, 0.6) is 0 Å². The van der Waals surface area contributed by atoms with Gasteiger partial charge in [-0.05, 0) is 31.0 Å². The van der Waals surface area contributed by atoms with Gasteiger partial charge in [0.1, 0.15) is 0 Å². The molecule has 2 atom stereocenters. The fourth-order valence-electron chi connectivity index (χ4n) is 2.14. The average molecular weight is 240 g/mol. The number of hydrogen-bond donors (Lipinski definition) is 2. The third-order valence-electron chi connectivity index (χ3n) is 3.03. The molecule has 0 saturated carbocycles. The van der Waals surface area contributed by atoms with Crippen molar-refractivity contribution >= 4 is 17.6 Å². The SMILES string of the molecule is O=C(O)C1CCNC(c2ccccc2Cl)C1. The molecule has 1 aromatic carbocycles. The van der Waals surface area contributed by atoms with Crippen molar-refractivity contribution in [2.75, 3.05) is 6.54 Å². The van der Waals surface area contributed by atoms with E-state index in [1.807, 2.05) is 24.3 Å². The van der Waals surface area contributed by atoms with E-state index in [0.29, 0.717) is 17.9 Å². The number of carbonyl (C=O) groups is 1. The Hall–Kier alpha value is -1.06. The number of halogens is 1. The summed E-state index contributed by atoms with van der Waals surface area (Å²) in [4.78, 5) is 11.0. The molecule has 0 bridgehead atoms. The Balaban J connectivity index is 2.16. The normalized spacial score (nSPS) is 25.3. The monoisotopic (exact) mass is 239 g/mol. The summed E-state index contributed by atoms with van der Waals surface area (Å²) in [5, 5.41) is 13.0. The van der Waals surface area contributed by atoms with E-state index >= 15 is 0 Å². The van der Waals surface area contributed by atoms with E-state index in [2.05, 4.69) is 5.32 Å². The fraction of sp³-hybridized carbons (Fsp3) is 0.417. The molecule has 1 aliphatic heterocycles. The van der Waals surface area contributed by atoms with Crippen molar-refractivity contribution in [3.8, 4) is 0 Å². The van der Waals surface area contributed by atoms with Gasteiger partial charge >= 0.3 is 5.97 Å². The highest BCUT2D eigenvalue weighted by molar-refractivity contribution is 6.31. The molecule has 2 rings (SSSR count). The minimum Gasteiger partial charge on any atom is -0.481 e. The van der Waals surface area contributed by atoms with E-state index < -0.39 is 5.97 Å². The summed E-state index contributed by atoms with van der Waals surface area (Å²) >= 11 is 6.10. The summed E-state index contributed by atoms with van der Waals surface area (Å²) in [6.07, 6.45) is 1.30. The molecule has 4 heteroatoms. The second kappa shape index (κ2) is 4.85. The molecule has 1 fully saturated rings. The summed E-state index contributed by atoms with van der Waals surface area (Å²) < 4.78 is 0. The second-order valence-electron chi connectivity index (χ2n) is 4.09. The predicted octanol–water partition coefficient (Wildman–Crippen LogP) is 2.47. The molecule has 0 spiro atoms. The summed E-state index contributed by atoms with van der Waals surface area (Å²) in [5.74, 6) is -0.971. The molecule has 1 heterocycles. The third kappa shape index (κ3) is 2.36. The highest BCUT2D eigenvalue weighted by Gasteiger charge is 2.28. The van der Waals surface area contributed by atoms with Crippen LogP contribution in [0.3, 0.4) is 0 Å². The highest BCUT2D eigenvalue weighted by Crippen LogP contribution is 2.31. The maximum absolute atomic E-state index is 11.0. The van der Waals surface area contributed by atoms with Crippen molar-refractivity contribution in [1.82, 2.24) is 5.32 Å². The molecule has 1 aliphatic rings. The lowest BCUT2D eigenvalue weighted by molar-refractivity contribution is -0.143. The minimum absolute atomic E-state index is 0.0588. The number of nitrogens with one attached hydrogen (secondary N) is 1. The lowest BCUT2D eigenvalue weighted by Gasteiger charge is -2.28. The molecule has 0 aliphatic carbocycles. The van der Waals surface area contributed by atoms with Crippen LogP contribution in [0.15, 0.2) is 24.3 Å². The Labute approximate surface area is 99.4 Å². The van der Waals surface area contributed by atoms with Crippen molar-refractivity contribution in [2.45, 2.75) is 18.9 Å². The Morgan fingerprint density at radius 2 is 2.19 bits per heavy atom. The van der Waals surface area contributed by atoms with Crippen LogP contribution in [0.25, 0.3) is 0 Å². The second-order valence-corrected chi connectivity index (χ2v) is 4.49. The maximum Gasteiger partial charge on any atom is 0.306 e. The maximum atomic E-state index is 11.0. The van der Waals surface area contributed by atoms with Gasteiger partial charge in [-0.15, -0.1) is 0 Å². The molecular weight excluding hydrogens is 226 g/mol. The molecule has 3 nitrogen and oxygen atoms in total. The molecule has 1 saturated heterocycles. The first-order valence-electron chi connectivity index (χ1n) is 5.39. The smallest absolute Gasteiger partial charge is 0.306 e. The van der Waals surface area contributed by atoms with Crippen molar-refractivity contribution in [3.05, 3.63) is 34.9 Å². The largest absolute Gasteiger partial charge is 0.481 e. The third-order valence-corrected chi connectivity index (χ3v) is 3.38. The lowest BCUT2D eigenvalue weighted by Crippen LogP contribution is -2.35. The zero-order valence-electron chi connectivity index (χ0n) is 8.82. The first-order valence-corrected chi connectivity index (χ1v) is 5.77. The van der Waals surface area contributed by atoms with Gasteiger partial charge in [0.2, 0.25) is 0 Å². The highest BCUT2D eigenvalue weighted by atomic mass is 35.5. The molecule has 2 unspecified atom stereocenters. The Bertz CT molecular complexity index is 394.